The summed E-state index contributed by atoms with van der Waals surface area (Å²) in [6.45, 7) is 1.57. The van der Waals surface area contributed by atoms with Crippen molar-refractivity contribution in [1.29, 1.82) is 0 Å². The normalized spacial score (nSPS) is 19.2. The Hall–Kier alpha value is -1.46. The van der Waals surface area contributed by atoms with E-state index in [0.29, 0.717) is 18.7 Å². The van der Waals surface area contributed by atoms with Gasteiger partial charge in [0, 0.05) is 25.8 Å². The van der Waals surface area contributed by atoms with Crippen LogP contribution < -0.4 is 5.32 Å². The van der Waals surface area contributed by atoms with E-state index in [4.69, 9.17) is 4.74 Å². The molecule has 0 radical (unpaired) electrons. The largest absolute Gasteiger partial charge is 0.385 e. The maximum absolute atomic E-state index is 13.8. The molecule has 2 rings (SSSR count). The van der Waals surface area contributed by atoms with Gasteiger partial charge in [0.05, 0.1) is 6.54 Å². The zero-order valence-electron chi connectivity index (χ0n) is 11.1. The molecular weight excluding hydrogens is 247 g/mol. The number of carbonyl (C=O) groups is 1. The summed E-state index contributed by atoms with van der Waals surface area (Å²) in [4.78, 5) is 13.5. The summed E-state index contributed by atoms with van der Waals surface area (Å²) in [6.07, 6.45) is 1.40. The highest BCUT2D eigenvalue weighted by atomic mass is 19.1. The highest BCUT2D eigenvalue weighted by molar-refractivity contribution is 5.80. The fourth-order valence-electron chi connectivity index (χ4n) is 2.30. The van der Waals surface area contributed by atoms with Crippen LogP contribution in [0.5, 0.6) is 0 Å². The average molecular weight is 266 g/mol. The van der Waals surface area contributed by atoms with Crippen molar-refractivity contribution in [3.05, 3.63) is 35.6 Å². The van der Waals surface area contributed by atoms with Gasteiger partial charge in [0.2, 0.25) is 5.91 Å². The van der Waals surface area contributed by atoms with Crippen molar-refractivity contribution in [3.8, 4) is 0 Å². The Labute approximate surface area is 112 Å². The van der Waals surface area contributed by atoms with Crippen molar-refractivity contribution in [3.63, 3.8) is 0 Å². The third-order valence-corrected chi connectivity index (χ3v) is 3.28. The predicted octanol–water partition coefficient (Wildman–Crippen LogP) is 1.68. The number of amides is 1. The van der Waals surface area contributed by atoms with Crippen LogP contribution in [0.4, 0.5) is 4.39 Å². The summed E-state index contributed by atoms with van der Waals surface area (Å²) >= 11 is 0. The summed E-state index contributed by atoms with van der Waals surface area (Å²) in [5, 5.41) is 3.06. The highest BCUT2D eigenvalue weighted by Crippen LogP contribution is 2.24. The minimum Gasteiger partial charge on any atom is -0.385 e. The highest BCUT2D eigenvalue weighted by Gasteiger charge is 2.32. The molecule has 19 heavy (non-hydrogen) atoms. The van der Waals surface area contributed by atoms with Gasteiger partial charge < -0.3 is 9.64 Å². The number of hydrogen-bond donors (Lipinski definition) is 1. The first-order chi connectivity index (χ1) is 9.24. The van der Waals surface area contributed by atoms with E-state index in [2.05, 4.69) is 5.32 Å². The second-order valence-electron chi connectivity index (χ2n) is 4.59. The lowest BCUT2D eigenvalue weighted by molar-refractivity contribution is -0.128. The maximum Gasteiger partial charge on any atom is 0.238 e. The number of halogens is 1. The fraction of sp³-hybridized carbons (Fsp3) is 0.500. The summed E-state index contributed by atoms with van der Waals surface area (Å²) in [7, 11) is 1.66. The molecule has 0 saturated carbocycles. The van der Waals surface area contributed by atoms with Crippen LogP contribution in [0.3, 0.4) is 0 Å². The molecular formula is C14H19FN2O2. The monoisotopic (exact) mass is 266 g/mol. The summed E-state index contributed by atoms with van der Waals surface area (Å²) in [5.74, 6) is -0.262. The SMILES string of the molecule is COCCCCN1C(=O)CNC1c1ccccc1F. The lowest BCUT2D eigenvalue weighted by Gasteiger charge is -2.25. The number of nitrogens with zero attached hydrogens (tertiary/aromatic N) is 1. The van der Waals surface area contributed by atoms with Gasteiger partial charge >= 0.3 is 0 Å². The fourth-order valence-corrected chi connectivity index (χ4v) is 2.30. The Morgan fingerprint density at radius 3 is 2.95 bits per heavy atom. The number of nitrogens with one attached hydrogen (secondary N) is 1. The zero-order valence-corrected chi connectivity index (χ0v) is 11.1. The standard InChI is InChI=1S/C14H19FN2O2/c1-19-9-5-4-8-17-13(18)10-16-14(17)11-6-2-3-7-12(11)15/h2-3,6-7,14,16H,4-5,8-10H2,1H3. The number of benzene rings is 1. The number of unbranched alkanes of at least 4 members (excludes halogenated alkanes) is 1. The molecule has 104 valence electrons. The molecule has 4 nitrogen and oxygen atoms in total. The zero-order chi connectivity index (χ0) is 13.7. The van der Waals surface area contributed by atoms with E-state index >= 15 is 0 Å². The van der Waals surface area contributed by atoms with Crippen molar-refractivity contribution in [2.75, 3.05) is 26.8 Å². The Balaban J connectivity index is 2.03. The molecule has 1 unspecified atom stereocenters. The van der Waals surface area contributed by atoms with Crippen molar-refractivity contribution >= 4 is 5.91 Å². The van der Waals surface area contributed by atoms with Gasteiger partial charge in [-0.25, -0.2) is 4.39 Å². The number of rotatable bonds is 6. The summed E-state index contributed by atoms with van der Waals surface area (Å²) < 4.78 is 18.8. The van der Waals surface area contributed by atoms with E-state index in [1.54, 1.807) is 30.2 Å². The second kappa shape index (κ2) is 6.63. The first kappa shape index (κ1) is 14.0. The van der Waals surface area contributed by atoms with Gasteiger partial charge in [0.1, 0.15) is 12.0 Å². The van der Waals surface area contributed by atoms with E-state index in [1.807, 2.05) is 0 Å². The van der Waals surface area contributed by atoms with Gasteiger partial charge in [0.25, 0.3) is 0 Å². The molecule has 1 amide bonds. The van der Waals surface area contributed by atoms with E-state index in [-0.39, 0.29) is 24.4 Å². The number of methoxy groups -OCH3 is 1. The Kier molecular flexibility index (Phi) is 4.87. The molecule has 0 bridgehead atoms. The van der Waals surface area contributed by atoms with Gasteiger partial charge in [-0.3, -0.25) is 10.1 Å². The van der Waals surface area contributed by atoms with Gasteiger partial charge in [-0.1, -0.05) is 18.2 Å². The Morgan fingerprint density at radius 1 is 1.42 bits per heavy atom. The number of ether oxygens (including phenoxy) is 1. The van der Waals surface area contributed by atoms with Crippen molar-refractivity contribution in [2.45, 2.75) is 19.0 Å². The first-order valence-corrected chi connectivity index (χ1v) is 6.50. The summed E-state index contributed by atoms with van der Waals surface area (Å²) in [5.41, 5.74) is 0.528. The van der Waals surface area contributed by atoms with Crippen molar-refractivity contribution in [1.82, 2.24) is 10.2 Å². The molecule has 0 spiro atoms. The smallest absolute Gasteiger partial charge is 0.238 e. The van der Waals surface area contributed by atoms with E-state index < -0.39 is 0 Å². The quantitative estimate of drug-likeness (QED) is 0.797. The molecule has 1 aliphatic heterocycles. The van der Waals surface area contributed by atoms with Crippen LogP contribution in [0.2, 0.25) is 0 Å². The minimum atomic E-state index is -0.351. The first-order valence-electron chi connectivity index (χ1n) is 6.50. The van der Waals surface area contributed by atoms with Crippen molar-refractivity contribution in [2.24, 2.45) is 0 Å². The lowest BCUT2D eigenvalue weighted by atomic mass is 10.1. The van der Waals surface area contributed by atoms with Crippen LogP contribution in [-0.2, 0) is 9.53 Å². The number of carbonyl (C=O) groups excluding carboxylic acids is 1. The average Bonchev–Trinajstić information content (AvgIpc) is 2.77. The second-order valence-corrected chi connectivity index (χ2v) is 4.59. The molecule has 1 aromatic carbocycles. The molecule has 1 fully saturated rings. The molecule has 1 saturated heterocycles. The van der Waals surface area contributed by atoms with Crippen LogP contribution in [-0.4, -0.2) is 37.6 Å². The van der Waals surface area contributed by atoms with Gasteiger partial charge in [0.15, 0.2) is 0 Å². The molecule has 0 aliphatic carbocycles. The van der Waals surface area contributed by atoms with Crippen LogP contribution in [0.1, 0.15) is 24.6 Å². The molecule has 1 heterocycles. The molecule has 1 aliphatic rings. The summed E-state index contributed by atoms with van der Waals surface area (Å²) in [6, 6.07) is 6.57. The van der Waals surface area contributed by atoms with Crippen LogP contribution in [0, 0.1) is 5.82 Å². The lowest BCUT2D eigenvalue weighted by Crippen LogP contribution is -2.31. The predicted molar refractivity (Wildman–Crippen MR) is 70.0 cm³/mol. The third-order valence-electron chi connectivity index (χ3n) is 3.28. The molecule has 1 N–H and O–H groups in total. The van der Waals surface area contributed by atoms with Gasteiger partial charge in [-0.15, -0.1) is 0 Å². The van der Waals surface area contributed by atoms with Gasteiger partial charge in [-0.2, -0.15) is 0 Å². The molecule has 5 heteroatoms. The topological polar surface area (TPSA) is 41.6 Å². The molecule has 1 aromatic rings. The third kappa shape index (κ3) is 3.30. The minimum absolute atomic E-state index is 0.0191. The Morgan fingerprint density at radius 2 is 2.21 bits per heavy atom. The maximum atomic E-state index is 13.8. The molecule has 1 atom stereocenters. The van der Waals surface area contributed by atoms with Crippen LogP contribution in [0.15, 0.2) is 24.3 Å². The number of hydrogen-bond acceptors (Lipinski definition) is 3. The van der Waals surface area contributed by atoms with Gasteiger partial charge in [-0.05, 0) is 18.9 Å². The van der Waals surface area contributed by atoms with E-state index in [1.165, 1.54) is 6.07 Å². The molecule has 0 aromatic heterocycles. The van der Waals surface area contributed by atoms with Crippen LogP contribution in [0.25, 0.3) is 0 Å². The van der Waals surface area contributed by atoms with Crippen molar-refractivity contribution < 1.29 is 13.9 Å². The van der Waals surface area contributed by atoms with E-state index in [0.717, 1.165) is 12.8 Å². The van der Waals surface area contributed by atoms with Crippen LogP contribution >= 0.6 is 0 Å². The Bertz CT molecular complexity index is 439. The van der Waals surface area contributed by atoms with E-state index in [9.17, 15) is 9.18 Å².